The first-order valence-corrected chi connectivity index (χ1v) is 5.77. The monoisotopic (exact) mass is 273 g/mol. The van der Waals surface area contributed by atoms with Crippen LogP contribution in [-0.4, -0.2) is 17.8 Å². The summed E-state index contributed by atoms with van der Waals surface area (Å²) in [5.74, 6) is 0.0666. The van der Waals surface area contributed by atoms with Crippen LogP contribution in [0.15, 0.2) is 18.2 Å². The van der Waals surface area contributed by atoms with Crippen LogP contribution in [-0.2, 0) is 6.18 Å². The quantitative estimate of drug-likeness (QED) is 0.839. The summed E-state index contributed by atoms with van der Waals surface area (Å²) >= 11 is 0. The highest BCUT2D eigenvalue weighted by atomic mass is 19.4. The second-order valence-electron chi connectivity index (χ2n) is 4.16. The van der Waals surface area contributed by atoms with Crippen LogP contribution < -0.4 is 4.74 Å². The number of halogens is 3. The highest BCUT2D eigenvalue weighted by Gasteiger charge is 2.34. The van der Waals surface area contributed by atoms with Crippen LogP contribution in [0.2, 0.25) is 0 Å². The molecule has 0 aliphatic heterocycles. The Labute approximate surface area is 109 Å². The molecule has 6 heteroatoms. The van der Waals surface area contributed by atoms with E-state index in [1.807, 2.05) is 0 Å². The van der Waals surface area contributed by atoms with Gasteiger partial charge in [0.15, 0.2) is 0 Å². The lowest BCUT2D eigenvalue weighted by molar-refractivity contribution is -0.137. The molecule has 3 nitrogen and oxygen atoms in total. The van der Waals surface area contributed by atoms with Gasteiger partial charge in [0.2, 0.25) is 0 Å². The van der Waals surface area contributed by atoms with Crippen molar-refractivity contribution in [2.24, 2.45) is 0 Å². The highest BCUT2D eigenvalue weighted by molar-refractivity contribution is 5.44. The van der Waals surface area contributed by atoms with Gasteiger partial charge in [0.05, 0.1) is 29.9 Å². The fraction of sp³-hybridized carbons (Fsp3) is 0.462. The minimum atomic E-state index is -4.58. The van der Waals surface area contributed by atoms with Gasteiger partial charge in [-0.05, 0) is 38.0 Å². The number of rotatable bonds is 5. The first-order chi connectivity index (χ1) is 8.84. The summed E-state index contributed by atoms with van der Waals surface area (Å²) in [4.78, 5) is 0. The van der Waals surface area contributed by atoms with Crippen LogP contribution in [0.5, 0.6) is 5.75 Å². The summed E-state index contributed by atoms with van der Waals surface area (Å²) in [6.45, 7) is 1.84. The fourth-order valence-electron chi connectivity index (χ4n) is 1.51. The zero-order chi connectivity index (χ0) is 14.5. The number of ether oxygens (including phenoxy) is 1. The molecular weight excluding hydrogens is 259 g/mol. The van der Waals surface area contributed by atoms with E-state index in [4.69, 9.17) is 15.1 Å². The van der Waals surface area contributed by atoms with Crippen LogP contribution in [0.1, 0.15) is 30.9 Å². The molecule has 0 aliphatic carbocycles. The van der Waals surface area contributed by atoms with Gasteiger partial charge in [0.25, 0.3) is 0 Å². The van der Waals surface area contributed by atoms with Gasteiger partial charge in [0.1, 0.15) is 5.75 Å². The molecular formula is C13H14F3NO2. The van der Waals surface area contributed by atoms with Crippen LogP contribution in [0.25, 0.3) is 0 Å². The molecule has 0 saturated carbocycles. The molecule has 1 aromatic rings. The second-order valence-corrected chi connectivity index (χ2v) is 4.16. The molecule has 0 bridgehead atoms. The van der Waals surface area contributed by atoms with Crippen molar-refractivity contribution in [1.82, 2.24) is 0 Å². The van der Waals surface area contributed by atoms with E-state index in [0.29, 0.717) is 12.8 Å². The lowest BCUT2D eigenvalue weighted by Gasteiger charge is -2.12. The lowest BCUT2D eigenvalue weighted by Crippen LogP contribution is -2.09. The van der Waals surface area contributed by atoms with Gasteiger partial charge in [0, 0.05) is 0 Å². The molecule has 1 unspecified atom stereocenters. The maximum atomic E-state index is 12.7. The van der Waals surface area contributed by atoms with E-state index < -0.39 is 23.4 Å². The van der Waals surface area contributed by atoms with Gasteiger partial charge in [-0.2, -0.15) is 18.4 Å². The van der Waals surface area contributed by atoms with Crippen molar-refractivity contribution in [3.63, 3.8) is 0 Å². The third-order valence-electron chi connectivity index (χ3n) is 2.45. The van der Waals surface area contributed by atoms with E-state index in [-0.39, 0.29) is 12.4 Å². The molecule has 1 rings (SSSR count). The maximum Gasteiger partial charge on any atom is 0.417 e. The minimum absolute atomic E-state index is 0.0666. The van der Waals surface area contributed by atoms with Crippen LogP contribution in [0.3, 0.4) is 0 Å². The number of hydrogen-bond donors (Lipinski definition) is 1. The Hall–Kier alpha value is -1.74. The molecule has 0 spiro atoms. The highest BCUT2D eigenvalue weighted by Crippen LogP contribution is 2.34. The van der Waals surface area contributed by atoms with Gasteiger partial charge < -0.3 is 9.84 Å². The number of nitrogens with zero attached hydrogens (tertiary/aromatic N) is 1. The van der Waals surface area contributed by atoms with Gasteiger partial charge in [-0.3, -0.25) is 0 Å². The van der Waals surface area contributed by atoms with Gasteiger partial charge in [-0.1, -0.05) is 0 Å². The fourth-order valence-corrected chi connectivity index (χ4v) is 1.51. The number of hydrogen-bond acceptors (Lipinski definition) is 3. The molecule has 0 heterocycles. The van der Waals surface area contributed by atoms with Crippen LogP contribution >= 0.6 is 0 Å². The van der Waals surface area contributed by atoms with Crippen molar-refractivity contribution in [1.29, 1.82) is 5.26 Å². The Bertz CT molecular complexity index is 464. The third kappa shape index (κ3) is 4.79. The predicted molar refractivity (Wildman–Crippen MR) is 62.6 cm³/mol. The number of benzene rings is 1. The Morgan fingerprint density at radius 1 is 1.42 bits per heavy atom. The van der Waals surface area contributed by atoms with Crippen LogP contribution in [0.4, 0.5) is 13.2 Å². The standard InChI is InChI=1S/C13H14F3NO2/c1-9(18)3-2-6-19-11-5-4-10(8-17)12(7-11)13(14,15)16/h4-5,7,9,18H,2-3,6H2,1H3. The van der Waals surface area contributed by atoms with E-state index in [1.54, 1.807) is 6.92 Å². The molecule has 0 fully saturated rings. The molecule has 19 heavy (non-hydrogen) atoms. The summed E-state index contributed by atoms with van der Waals surface area (Å²) in [6.07, 6.45) is -3.99. The zero-order valence-electron chi connectivity index (χ0n) is 10.4. The van der Waals surface area contributed by atoms with Crippen molar-refractivity contribution >= 4 is 0 Å². The Kier molecular flexibility index (Phi) is 5.19. The average molecular weight is 273 g/mol. The van der Waals surface area contributed by atoms with Crippen molar-refractivity contribution in [2.45, 2.75) is 32.0 Å². The zero-order valence-corrected chi connectivity index (χ0v) is 10.4. The van der Waals surface area contributed by atoms with E-state index in [9.17, 15) is 13.2 Å². The van der Waals surface area contributed by atoms with E-state index in [1.165, 1.54) is 12.1 Å². The number of nitriles is 1. The van der Waals surface area contributed by atoms with Crippen molar-refractivity contribution in [3.8, 4) is 11.8 Å². The lowest BCUT2D eigenvalue weighted by atomic mass is 10.1. The smallest absolute Gasteiger partial charge is 0.417 e. The summed E-state index contributed by atoms with van der Waals surface area (Å²) in [5.41, 5.74) is -1.42. The van der Waals surface area contributed by atoms with Crippen molar-refractivity contribution in [2.75, 3.05) is 6.61 Å². The molecule has 1 atom stereocenters. The SMILES string of the molecule is CC(O)CCCOc1ccc(C#N)c(C(F)(F)F)c1. The van der Waals surface area contributed by atoms with Gasteiger partial charge in [-0.25, -0.2) is 0 Å². The average Bonchev–Trinajstić information content (AvgIpc) is 2.33. The summed E-state index contributed by atoms with van der Waals surface area (Å²) in [7, 11) is 0. The third-order valence-corrected chi connectivity index (χ3v) is 2.45. The van der Waals surface area contributed by atoms with E-state index in [2.05, 4.69) is 0 Å². The van der Waals surface area contributed by atoms with Gasteiger partial charge >= 0.3 is 6.18 Å². The molecule has 0 saturated heterocycles. The Balaban J connectivity index is 2.74. The Morgan fingerprint density at radius 3 is 2.63 bits per heavy atom. The van der Waals surface area contributed by atoms with Crippen molar-refractivity contribution in [3.05, 3.63) is 29.3 Å². The summed E-state index contributed by atoms with van der Waals surface area (Å²) in [6, 6.07) is 4.74. The number of aliphatic hydroxyl groups excluding tert-OH is 1. The second kappa shape index (κ2) is 6.43. The minimum Gasteiger partial charge on any atom is -0.494 e. The maximum absolute atomic E-state index is 12.7. The predicted octanol–water partition coefficient (Wildman–Crippen LogP) is 3.12. The molecule has 0 amide bonds. The van der Waals surface area contributed by atoms with Crippen LogP contribution in [0, 0.1) is 11.3 Å². The summed E-state index contributed by atoms with van der Waals surface area (Å²) < 4.78 is 43.2. The van der Waals surface area contributed by atoms with E-state index in [0.717, 1.165) is 12.1 Å². The molecule has 0 aliphatic rings. The topological polar surface area (TPSA) is 53.2 Å². The Morgan fingerprint density at radius 2 is 2.11 bits per heavy atom. The first kappa shape index (κ1) is 15.3. The summed E-state index contributed by atoms with van der Waals surface area (Å²) in [5, 5.41) is 17.7. The van der Waals surface area contributed by atoms with Gasteiger partial charge in [-0.15, -0.1) is 0 Å². The molecule has 1 N–H and O–H groups in total. The molecule has 0 aromatic heterocycles. The number of aliphatic hydroxyl groups is 1. The molecule has 0 radical (unpaired) electrons. The number of alkyl halides is 3. The van der Waals surface area contributed by atoms with E-state index >= 15 is 0 Å². The van der Waals surface area contributed by atoms with Crippen molar-refractivity contribution < 1.29 is 23.0 Å². The first-order valence-electron chi connectivity index (χ1n) is 5.77. The molecule has 104 valence electrons. The normalized spacial score (nSPS) is 12.8. The largest absolute Gasteiger partial charge is 0.494 e. The molecule has 1 aromatic carbocycles.